The fourth-order valence-corrected chi connectivity index (χ4v) is 2.45. The Morgan fingerprint density at radius 2 is 1.86 bits per heavy atom. The van der Waals surface area contributed by atoms with Gasteiger partial charge >= 0.3 is 0 Å². The van der Waals surface area contributed by atoms with Crippen LogP contribution in [-0.2, 0) is 0 Å². The number of amides is 1. The molecule has 1 saturated heterocycles. The molecule has 1 aromatic rings. The Kier molecular flexibility index (Phi) is 5.28. The number of halogens is 2. The summed E-state index contributed by atoms with van der Waals surface area (Å²) in [6.45, 7) is 8.09. The van der Waals surface area contributed by atoms with Gasteiger partial charge in [0.1, 0.15) is 0 Å². The highest BCUT2D eigenvalue weighted by atomic mass is 19.2. The molecule has 0 saturated carbocycles. The van der Waals surface area contributed by atoms with Crippen molar-refractivity contribution in [3.8, 4) is 0 Å². The molecule has 1 aromatic carbocycles. The van der Waals surface area contributed by atoms with Crippen LogP contribution in [0.5, 0.6) is 0 Å². The van der Waals surface area contributed by atoms with Crippen molar-refractivity contribution in [2.24, 2.45) is 5.92 Å². The summed E-state index contributed by atoms with van der Waals surface area (Å²) in [5.41, 5.74) is -0.175. The van der Waals surface area contributed by atoms with Gasteiger partial charge in [-0.2, -0.15) is 0 Å². The highest BCUT2D eigenvalue weighted by molar-refractivity contribution is 5.94. The van der Waals surface area contributed by atoms with Crippen LogP contribution in [0.15, 0.2) is 18.2 Å². The largest absolute Gasteiger partial charge is 0.336 e. The molecule has 1 aliphatic heterocycles. The van der Waals surface area contributed by atoms with Gasteiger partial charge in [-0.1, -0.05) is 19.9 Å². The summed E-state index contributed by atoms with van der Waals surface area (Å²) in [6.07, 6.45) is 1.13. The van der Waals surface area contributed by atoms with Crippen molar-refractivity contribution in [1.29, 1.82) is 0 Å². The zero-order valence-electron chi connectivity index (χ0n) is 12.6. The first-order chi connectivity index (χ1) is 9.99. The molecule has 116 valence electrons. The van der Waals surface area contributed by atoms with Gasteiger partial charge in [0.25, 0.3) is 5.91 Å². The first-order valence-corrected chi connectivity index (χ1v) is 7.44. The molecule has 3 nitrogen and oxygen atoms in total. The van der Waals surface area contributed by atoms with E-state index in [1.807, 2.05) is 0 Å². The van der Waals surface area contributed by atoms with Crippen molar-refractivity contribution < 1.29 is 13.6 Å². The number of rotatable bonds is 4. The van der Waals surface area contributed by atoms with Crippen LogP contribution < -0.4 is 0 Å². The smallest absolute Gasteiger partial charge is 0.257 e. The van der Waals surface area contributed by atoms with Gasteiger partial charge in [-0.05, 0) is 31.0 Å². The number of benzene rings is 1. The number of carbonyl (C=O) groups is 1. The third-order valence-electron chi connectivity index (χ3n) is 3.86. The van der Waals surface area contributed by atoms with E-state index >= 15 is 0 Å². The van der Waals surface area contributed by atoms with E-state index < -0.39 is 17.5 Å². The summed E-state index contributed by atoms with van der Waals surface area (Å²) >= 11 is 0. The van der Waals surface area contributed by atoms with E-state index in [2.05, 4.69) is 18.7 Å². The average Bonchev–Trinajstić information content (AvgIpc) is 2.48. The van der Waals surface area contributed by atoms with E-state index in [9.17, 15) is 13.6 Å². The molecular weight excluding hydrogens is 274 g/mol. The Bertz CT molecular complexity index is 497. The molecule has 0 atom stereocenters. The van der Waals surface area contributed by atoms with Crippen LogP contribution in [0, 0.1) is 17.6 Å². The third-order valence-corrected chi connectivity index (χ3v) is 3.86. The van der Waals surface area contributed by atoms with Gasteiger partial charge in [-0.25, -0.2) is 8.78 Å². The normalized spacial score (nSPS) is 16.5. The maximum Gasteiger partial charge on any atom is 0.257 e. The lowest BCUT2D eigenvalue weighted by Gasteiger charge is -2.35. The van der Waals surface area contributed by atoms with Gasteiger partial charge in [-0.3, -0.25) is 9.69 Å². The molecule has 0 spiro atoms. The van der Waals surface area contributed by atoms with Crippen molar-refractivity contribution in [1.82, 2.24) is 9.80 Å². The molecule has 1 heterocycles. The topological polar surface area (TPSA) is 23.6 Å². The Labute approximate surface area is 124 Å². The minimum Gasteiger partial charge on any atom is -0.336 e. The molecule has 0 N–H and O–H groups in total. The highest BCUT2D eigenvalue weighted by Crippen LogP contribution is 2.15. The monoisotopic (exact) mass is 296 g/mol. The van der Waals surface area contributed by atoms with Crippen molar-refractivity contribution in [2.45, 2.75) is 20.3 Å². The van der Waals surface area contributed by atoms with Gasteiger partial charge in [-0.15, -0.1) is 0 Å². The van der Waals surface area contributed by atoms with E-state index in [1.54, 1.807) is 4.90 Å². The summed E-state index contributed by atoms with van der Waals surface area (Å²) in [4.78, 5) is 16.2. The number of piperazine rings is 1. The van der Waals surface area contributed by atoms with Crippen LogP contribution in [0.1, 0.15) is 30.6 Å². The van der Waals surface area contributed by atoms with Crippen molar-refractivity contribution in [3.05, 3.63) is 35.4 Å². The second kappa shape index (κ2) is 6.98. The Balaban J connectivity index is 1.93. The molecule has 21 heavy (non-hydrogen) atoms. The molecule has 5 heteroatoms. The van der Waals surface area contributed by atoms with Crippen molar-refractivity contribution in [3.63, 3.8) is 0 Å². The highest BCUT2D eigenvalue weighted by Gasteiger charge is 2.24. The molecule has 0 aliphatic carbocycles. The minimum absolute atomic E-state index is 0.175. The molecule has 2 rings (SSSR count). The molecule has 0 bridgehead atoms. The minimum atomic E-state index is -1.05. The van der Waals surface area contributed by atoms with Gasteiger partial charge in [0.15, 0.2) is 11.6 Å². The maximum absolute atomic E-state index is 13.7. The first-order valence-electron chi connectivity index (χ1n) is 7.44. The zero-order valence-corrected chi connectivity index (χ0v) is 12.6. The lowest BCUT2D eigenvalue weighted by molar-refractivity contribution is 0.0626. The second-order valence-electron chi connectivity index (χ2n) is 5.92. The number of hydrogen-bond acceptors (Lipinski definition) is 2. The van der Waals surface area contributed by atoms with Crippen molar-refractivity contribution >= 4 is 5.91 Å². The summed E-state index contributed by atoms with van der Waals surface area (Å²) in [6, 6.07) is 3.73. The second-order valence-corrected chi connectivity index (χ2v) is 5.92. The molecule has 1 amide bonds. The van der Waals surface area contributed by atoms with E-state index in [0.29, 0.717) is 19.0 Å². The Hall–Kier alpha value is -1.49. The van der Waals surface area contributed by atoms with Gasteiger partial charge < -0.3 is 4.90 Å². The lowest BCUT2D eigenvalue weighted by Crippen LogP contribution is -2.49. The molecule has 0 unspecified atom stereocenters. The molecular formula is C16H22F2N2O. The predicted octanol–water partition coefficient (Wildman–Crippen LogP) is 2.77. The lowest BCUT2D eigenvalue weighted by atomic mass is 10.1. The molecule has 0 aromatic heterocycles. The van der Waals surface area contributed by atoms with Crippen LogP contribution in [0.3, 0.4) is 0 Å². The summed E-state index contributed by atoms with van der Waals surface area (Å²) in [5.74, 6) is -1.79. The van der Waals surface area contributed by atoms with E-state index in [0.717, 1.165) is 32.1 Å². The Morgan fingerprint density at radius 1 is 1.19 bits per heavy atom. The fourth-order valence-electron chi connectivity index (χ4n) is 2.45. The summed E-state index contributed by atoms with van der Waals surface area (Å²) in [5, 5.41) is 0. The van der Waals surface area contributed by atoms with E-state index in [-0.39, 0.29) is 5.56 Å². The van der Waals surface area contributed by atoms with Gasteiger partial charge in [0, 0.05) is 26.2 Å². The number of carbonyl (C=O) groups excluding carboxylic acids is 1. The maximum atomic E-state index is 13.7. The Morgan fingerprint density at radius 3 is 2.48 bits per heavy atom. The van der Waals surface area contributed by atoms with Crippen LogP contribution in [0.2, 0.25) is 0 Å². The quantitative estimate of drug-likeness (QED) is 0.853. The van der Waals surface area contributed by atoms with Gasteiger partial charge in [0.05, 0.1) is 5.56 Å². The number of hydrogen-bond donors (Lipinski definition) is 0. The standard InChI is InChI=1S/C16H22F2N2O/c1-12(2)6-7-19-8-10-20(11-9-19)16(21)13-4-3-5-14(17)15(13)18/h3-5,12H,6-11H2,1-2H3. The van der Waals surface area contributed by atoms with Crippen LogP contribution >= 0.6 is 0 Å². The van der Waals surface area contributed by atoms with E-state index in [4.69, 9.17) is 0 Å². The number of nitrogens with zero attached hydrogens (tertiary/aromatic N) is 2. The average molecular weight is 296 g/mol. The van der Waals surface area contributed by atoms with Crippen LogP contribution in [-0.4, -0.2) is 48.4 Å². The van der Waals surface area contributed by atoms with Crippen LogP contribution in [0.25, 0.3) is 0 Å². The third kappa shape index (κ3) is 4.00. The zero-order chi connectivity index (χ0) is 15.4. The predicted molar refractivity (Wildman–Crippen MR) is 78.2 cm³/mol. The fraction of sp³-hybridized carbons (Fsp3) is 0.562. The van der Waals surface area contributed by atoms with Crippen LogP contribution in [0.4, 0.5) is 8.78 Å². The summed E-state index contributed by atoms with van der Waals surface area (Å²) in [7, 11) is 0. The first kappa shape index (κ1) is 15.9. The van der Waals surface area contributed by atoms with E-state index in [1.165, 1.54) is 12.1 Å². The molecule has 1 fully saturated rings. The molecule has 1 aliphatic rings. The summed E-state index contributed by atoms with van der Waals surface area (Å²) < 4.78 is 26.9. The molecule has 0 radical (unpaired) electrons. The SMILES string of the molecule is CC(C)CCN1CCN(C(=O)c2cccc(F)c2F)CC1. The van der Waals surface area contributed by atoms with Crippen molar-refractivity contribution in [2.75, 3.05) is 32.7 Å². The van der Waals surface area contributed by atoms with Gasteiger partial charge in [0.2, 0.25) is 0 Å².